The van der Waals surface area contributed by atoms with Crippen molar-refractivity contribution < 1.29 is 31.7 Å². The van der Waals surface area contributed by atoms with Crippen LogP contribution in [0, 0.1) is 11.3 Å². The average molecular weight is 535 g/mol. The monoisotopic (exact) mass is 534 g/mol. The highest BCUT2D eigenvalue weighted by atomic mass is 32.2. The van der Waals surface area contributed by atoms with Gasteiger partial charge in [0.2, 0.25) is 0 Å². The smallest absolute Gasteiger partial charge is 0.417 e. The van der Waals surface area contributed by atoms with E-state index in [-0.39, 0.29) is 51.6 Å². The quantitative estimate of drug-likeness (QED) is 0.535. The summed E-state index contributed by atoms with van der Waals surface area (Å²) in [5.41, 5.74) is -0.948. The first kappa shape index (κ1) is 27.9. The first-order chi connectivity index (χ1) is 17.2. The third kappa shape index (κ3) is 6.95. The SMILES string of the molecule is CS(=O)c1cc(C#N)ccc1C(NC(=O)OC(C)(C)C)C1=C(Nc2cncc(C(F)(F)F)c2)CCC1=O. The molecule has 2 aromatic rings. The topological polar surface area (TPSA) is 121 Å². The van der Waals surface area contributed by atoms with Gasteiger partial charge in [-0.05, 0) is 51.0 Å². The zero-order valence-electron chi connectivity index (χ0n) is 20.5. The number of carbonyl (C=O) groups is 2. The molecule has 3 rings (SSSR count). The number of halogens is 3. The minimum absolute atomic E-state index is 0.00663. The van der Waals surface area contributed by atoms with Crippen LogP contribution < -0.4 is 10.6 Å². The van der Waals surface area contributed by atoms with Crippen molar-refractivity contribution in [3.63, 3.8) is 0 Å². The molecule has 0 spiro atoms. The molecular formula is C25H25F3N4O4S. The Morgan fingerprint density at radius 3 is 2.49 bits per heavy atom. The van der Waals surface area contributed by atoms with Gasteiger partial charge in [0.25, 0.3) is 0 Å². The Morgan fingerprint density at radius 1 is 1.19 bits per heavy atom. The maximum absolute atomic E-state index is 13.2. The van der Waals surface area contributed by atoms with E-state index in [2.05, 4.69) is 15.6 Å². The number of nitrogens with one attached hydrogen (secondary N) is 2. The number of ether oxygens (including phenoxy) is 1. The molecule has 1 heterocycles. The van der Waals surface area contributed by atoms with Crippen molar-refractivity contribution in [1.29, 1.82) is 5.26 Å². The fourth-order valence-corrected chi connectivity index (χ4v) is 4.61. The van der Waals surface area contributed by atoms with E-state index < -0.39 is 40.3 Å². The number of pyridine rings is 1. The fourth-order valence-electron chi connectivity index (χ4n) is 3.80. The van der Waals surface area contributed by atoms with Gasteiger partial charge >= 0.3 is 12.3 Å². The molecule has 0 bridgehead atoms. The minimum atomic E-state index is -4.61. The van der Waals surface area contributed by atoms with Gasteiger partial charge in [-0.3, -0.25) is 14.0 Å². The van der Waals surface area contributed by atoms with Crippen LogP contribution in [-0.4, -0.2) is 32.9 Å². The summed E-state index contributed by atoms with van der Waals surface area (Å²) in [5, 5.41) is 14.8. The van der Waals surface area contributed by atoms with Crippen molar-refractivity contribution in [2.24, 2.45) is 0 Å². The molecule has 1 aliphatic carbocycles. The van der Waals surface area contributed by atoms with E-state index in [4.69, 9.17) is 4.74 Å². The van der Waals surface area contributed by atoms with Crippen molar-refractivity contribution in [1.82, 2.24) is 10.3 Å². The summed E-state index contributed by atoms with van der Waals surface area (Å²) in [4.78, 5) is 29.7. The van der Waals surface area contributed by atoms with E-state index in [0.717, 1.165) is 6.07 Å². The number of rotatable bonds is 6. The summed E-state index contributed by atoms with van der Waals surface area (Å²) < 4.78 is 57.5. The van der Waals surface area contributed by atoms with E-state index in [0.29, 0.717) is 6.20 Å². The van der Waals surface area contributed by atoms with Gasteiger partial charge in [-0.1, -0.05) is 6.07 Å². The van der Waals surface area contributed by atoms with E-state index in [1.165, 1.54) is 30.7 Å². The van der Waals surface area contributed by atoms with Crippen LogP contribution in [0.3, 0.4) is 0 Å². The Hall–Kier alpha value is -3.72. The van der Waals surface area contributed by atoms with Crippen molar-refractivity contribution in [2.45, 2.75) is 56.3 Å². The highest BCUT2D eigenvalue weighted by molar-refractivity contribution is 7.84. The molecule has 12 heteroatoms. The molecule has 0 fully saturated rings. The van der Waals surface area contributed by atoms with Crippen LogP contribution in [0.5, 0.6) is 0 Å². The molecule has 0 saturated carbocycles. The number of anilines is 1. The number of hydrogen-bond donors (Lipinski definition) is 2. The lowest BCUT2D eigenvalue weighted by atomic mass is 9.95. The molecule has 2 atom stereocenters. The summed E-state index contributed by atoms with van der Waals surface area (Å²) in [6.45, 7) is 4.97. The van der Waals surface area contributed by atoms with Crippen LogP contribution in [0.4, 0.5) is 23.7 Å². The molecule has 1 aromatic heterocycles. The number of Topliss-reactive ketones (excluding diaryl/α,β-unsaturated/α-hetero) is 1. The van der Waals surface area contributed by atoms with Crippen molar-refractivity contribution in [3.8, 4) is 6.07 Å². The molecule has 37 heavy (non-hydrogen) atoms. The number of alkyl carbamates (subject to hydrolysis) is 1. The van der Waals surface area contributed by atoms with E-state index in [9.17, 15) is 32.2 Å². The Kier molecular flexibility index (Phi) is 8.07. The number of aromatic nitrogens is 1. The second kappa shape index (κ2) is 10.7. The van der Waals surface area contributed by atoms with Gasteiger partial charge in [-0.15, -0.1) is 0 Å². The van der Waals surface area contributed by atoms with Gasteiger partial charge in [-0.2, -0.15) is 18.4 Å². The number of nitriles is 1. The molecule has 0 saturated heterocycles. The Bertz CT molecular complexity index is 1330. The third-order valence-corrected chi connectivity index (χ3v) is 6.27. The largest absolute Gasteiger partial charge is 0.444 e. The average Bonchev–Trinajstić information content (AvgIpc) is 3.15. The second-order valence-electron chi connectivity index (χ2n) is 9.30. The number of carbonyl (C=O) groups excluding carboxylic acids is 2. The van der Waals surface area contributed by atoms with Crippen molar-refractivity contribution in [3.05, 3.63) is 64.6 Å². The maximum atomic E-state index is 13.2. The Balaban J connectivity index is 2.14. The van der Waals surface area contributed by atoms with Crippen LogP contribution in [0.25, 0.3) is 0 Å². The number of hydrogen-bond acceptors (Lipinski definition) is 7. The van der Waals surface area contributed by atoms with Crippen LogP contribution in [0.2, 0.25) is 0 Å². The molecular weight excluding hydrogens is 509 g/mol. The molecule has 1 aromatic carbocycles. The molecule has 0 radical (unpaired) electrons. The molecule has 0 aliphatic heterocycles. The van der Waals surface area contributed by atoms with E-state index >= 15 is 0 Å². The zero-order valence-corrected chi connectivity index (χ0v) is 21.3. The highest BCUT2D eigenvalue weighted by Gasteiger charge is 2.36. The van der Waals surface area contributed by atoms with Crippen molar-refractivity contribution >= 4 is 28.4 Å². The van der Waals surface area contributed by atoms with Gasteiger partial charge in [-0.25, -0.2) is 4.79 Å². The van der Waals surface area contributed by atoms with Crippen LogP contribution in [-0.2, 0) is 26.5 Å². The van der Waals surface area contributed by atoms with Crippen LogP contribution in [0.15, 0.2) is 52.8 Å². The lowest BCUT2D eigenvalue weighted by Crippen LogP contribution is -2.37. The molecule has 196 valence electrons. The first-order valence-corrected chi connectivity index (χ1v) is 12.7. The van der Waals surface area contributed by atoms with Crippen molar-refractivity contribution in [2.75, 3.05) is 11.6 Å². The number of allylic oxidation sites excluding steroid dienone is 1. The maximum Gasteiger partial charge on any atom is 0.417 e. The first-order valence-electron chi connectivity index (χ1n) is 11.1. The van der Waals surface area contributed by atoms with Gasteiger partial charge in [0.15, 0.2) is 5.78 Å². The van der Waals surface area contributed by atoms with E-state index in [1.54, 1.807) is 20.8 Å². The molecule has 2 N–H and O–H groups in total. The molecule has 1 aliphatic rings. The lowest BCUT2D eigenvalue weighted by molar-refractivity contribution is -0.137. The zero-order chi connectivity index (χ0) is 27.5. The highest BCUT2D eigenvalue weighted by Crippen LogP contribution is 2.37. The second-order valence-corrected chi connectivity index (χ2v) is 10.6. The van der Waals surface area contributed by atoms with Gasteiger partial charge in [0.05, 0.1) is 45.9 Å². The standard InChI is InChI=1S/C25H25F3N4O4S/c1-24(2,3)36-23(34)32-22(17-6-5-14(11-29)9-20(17)37(4)35)21-18(7-8-19(21)33)31-16-10-15(12-30-13-16)25(26,27)28/h5-6,9-10,12-13,22,31H,7-8H2,1-4H3,(H,32,34). The summed E-state index contributed by atoms with van der Waals surface area (Å²) in [6.07, 6.45) is -2.00. The van der Waals surface area contributed by atoms with Gasteiger partial charge < -0.3 is 15.4 Å². The lowest BCUT2D eigenvalue weighted by Gasteiger charge is -2.26. The summed E-state index contributed by atoms with van der Waals surface area (Å²) in [7, 11) is -1.61. The number of alkyl halides is 3. The minimum Gasteiger partial charge on any atom is -0.444 e. The predicted molar refractivity (Wildman–Crippen MR) is 130 cm³/mol. The van der Waals surface area contributed by atoms with Gasteiger partial charge in [0.1, 0.15) is 5.60 Å². The van der Waals surface area contributed by atoms with E-state index in [1.807, 2.05) is 6.07 Å². The Labute approximate surface area is 214 Å². The summed E-state index contributed by atoms with van der Waals surface area (Å²) in [5.74, 6) is -0.360. The number of ketones is 1. The molecule has 1 amide bonds. The number of nitrogens with zero attached hydrogens (tertiary/aromatic N) is 2. The Morgan fingerprint density at radius 2 is 1.89 bits per heavy atom. The normalized spacial score (nSPS) is 15.7. The van der Waals surface area contributed by atoms with Crippen LogP contribution >= 0.6 is 0 Å². The summed E-state index contributed by atoms with van der Waals surface area (Å²) in [6, 6.07) is 6.02. The summed E-state index contributed by atoms with van der Waals surface area (Å²) >= 11 is 0. The predicted octanol–water partition coefficient (Wildman–Crippen LogP) is 5.00. The third-order valence-electron chi connectivity index (χ3n) is 5.30. The molecule has 2 unspecified atom stereocenters. The van der Waals surface area contributed by atoms with Crippen LogP contribution in [0.1, 0.15) is 56.3 Å². The number of benzene rings is 1. The fraction of sp³-hybridized carbons (Fsp3) is 0.360. The molecule has 8 nitrogen and oxygen atoms in total. The van der Waals surface area contributed by atoms with Gasteiger partial charge in [0, 0.05) is 35.0 Å². The number of amides is 1.